The van der Waals surface area contributed by atoms with Gasteiger partial charge in [-0.05, 0) is 54.8 Å². The minimum Gasteiger partial charge on any atom is -0.445 e. The van der Waals surface area contributed by atoms with E-state index in [2.05, 4.69) is 37.5 Å². The number of ether oxygens (including phenoxy) is 1. The molecule has 2 saturated heterocycles. The molecular weight excluding hydrogens is 553 g/mol. The van der Waals surface area contributed by atoms with Crippen LogP contribution in [0.3, 0.4) is 0 Å². The zero-order valence-corrected chi connectivity index (χ0v) is 23.5. The van der Waals surface area contributed by atoms with Crippen molar-refractivity contribution in [3.05, 3.63) is 77.3 Å². The van der Waals surface area contributed by atoms with Crippen molar-refractivity contribution in [1.29, 1.82) is 0 Å². The Bertz CT molecular complexity index is 1840. The zero-order chi connectivity index (χ0) is 28.5. The SMILES string of the molecule is O=C(O[C@H]1CN[C@H](C#Cc2cc3c(Nc4ccc5c(cnn5Cc5cccc(F)c5)c4)ncnc3s2)C1)N1CCCC1. The third-order valence-corrected chi connectivity index (χ3v) is 8.51. The highest BCUT2D eigenvalue weighted by Crippen LogP contribution is 2.30. The fourth-order valence-corrected chi connectivity index (χ4v) is 6.29. The minimum absolute atomic E-state index is 0.0381. The standard InChI is InChI=1S/C31H28FN7O2S/c32-22-5-3-4-20(12-22)18-39-28-9-7-24(13-21(28)16-36-39)37-29-27-15-26(42-30(27)35-19-34-29)8-6-23-14-25(17-33-23)41-31(40)38-10-1-2-11-38/h3-5,7,9,12-13,15-16,19,23,25,33H,1-2,10-11,14,17-18H2,(H,34,35,37)/t23-,25-/m1/s1. The first-order chi connectivity index (χ1) is 20.6. The first-order valence-electron chi connectivity index (χ1n) is 14.0. The molecule has 5 aromatic rings. The van der Waals surface area contributed by atoms with E-state index in [-0.39, 0.29) is 24.1 Å². The van der Waals surface area contributed by atoms with Gasteiger partial charge in [0.1, 0.15) is 28.9 Å². The van der Waals surface area contributed by atoms with E-state index in [9.17, 15) is 9.18 Å². The molecule has 0 spiro atoms. The van der Waals surface area contributed by atoms with Crippen LogP contribution in [0.15, 0.2) is 61.1 Å². The molecule has 2 fully saturated rings. The highest BCUT2D eigenvalue weighted by Gasteiger charge is 2.28. The van der Waals surface area contributed by atoms with Crippen molar-refractivity contribution >= 4 is 50.1 Å². The molecule has 0 saturated carbocycles. The van der Waals surface area contributed by atoms with Crippen LogP contribution in [0.4, 0.5) is 20.7 Å². The predicted molar refractivity (Wildman–Crippen MR) is 160 cm³/mol. The summed E-state index contributed by atoms with van der Waals surface area (Å²) in [5.41, 5.74) is 2.68. The van der Waals surface area contributed by atoms with Gasteiger partial charge in [-0.3, -0.25) is 10.00 Å². The summed E-state index contributed by atoms with van der Waals surface area (Å²) in [4.78, 5) is 24.8. The van der Waals surface area contributed by atoms with Gasteiger partial charge in [-0.2, -0.15) is 5.10 Å². The fraction of sp³-hybridized carbons (Fsp3) is 0.290. The number of hydrogen-bond acceptors (Lipinski definition) is 8. The first-order valence-corrected chi connectivity index (χ1v) is 14.8. The van der Waals surface area contributed by atoms with E-state index < -0.39 is 0 Å². The monoisotopic (exact) mass is 581 g/mol. The number of nitrogens with zero attached hydrogens (tertiary/aromatic N) is 5. The van der Waals surface area contributed by atoms with Gasteiger partial charge in [0.05, 0.1) is 34.6 Å². The lowest BCUT2D eigenvalue weighted by molar-refractivity contribution is 0.0763. The second kappa shape index (κ2) is 11.4. The highest BCUT2D eigenvalue weighted by atomic mass is 32.1. The second-order valence-corrected chi connectivity index (χ2v) is 11.6. The molecule has 2 N–H and O–H groups in total. The van der Waals surface area contributed by atoms with Gasteiger partial charge in [0.25, 0.3) is 0 Å². The van der Waals surface area contributed by atoms with Crippen LogP contribution in [0.5, 0.6) is 0 Å². The lowest BCUT2D eigenvalue weighted by atomic mass is 10.2. The van der Waals surface area contributed by atoms with Crippen molar-refractivity contribution in [2.45, 2.75) is 38.0 Å². The van der Waals surface area contributed by atoms with Crippen molar-refractivity contribution in [2.24, 2.45) is 0 Å². The lowest BCUT2D eigenvalue weighted by Gasteiger charge is -2.18. The average molecular weight is 582 g/mol. The number of nitrogens with one attached hydrogen (secondary N) is 2. The maximum Gasteiger partial charge on any atom is 0.410 e. The molecule has 0 radical (unpaired) electrons. The quantitative estimate of drug-likeness (QED) is 0.273. The molecule has 1 amide bonds. The molecule has 9 nitrogen and oxygen atoms in total. The number of carbonyl (C=O) groups is 1. The van der Waals surface area contributed by atoms with Gasteiger partial charge in [0.15, 0.2) is 0 Å². The molecule has 0 bridgehead atoms. The molecule has 2 atom stereocenters. The highest BCUT2D eigenvalue weighted by molar-refractivity contribution is 7.19. The number of aromatic nitrogens is 4. The van der Waals surface area contributed by atoms with E-state index in [0.29, 0.717) is 25.3 Å². The van der Waals surface area contributed by atoms with Crippen LogP contribution >= 0.6 is 11.3 Å². The number of anilines is 2. The number of fused-ring (bicyclic) bond motifs is 2. The lowest BCUT2D eigenvalue weighted by Crippen LogP contribution is -2.32. The van der Waals surface area contributed by atoms with Crippen LogP contribution in [0.1, 0.15) is 29.7 Å². The van der Waals surface area contributed by atoms with E-state index in [1.807, 2.05) is 41.2 Å². The van der Waals surface area contributed by atoms with Crippen LogP contribution in [0, 0.1) is 17.7 Å². The summed E-state index contributed by atoms with van der Waals surface area (Å²) in [7, 11) is 0. The van der Waals surface area contributed by atoms with Crippen molar-refractivity contribution in [1.82, 2.24) is 30.0 Å². The van der Waals surface area contributed by atoms with Crippen LogP contribution in [0.2, 0.25) is 0 Å². The molecule has 2 aliphatic heterocycles. The number of thiophene rings is 1. The molecule has 212 valence electrons. The number of carbonyl (C=O) groups excluding carboxylic acids is 1. The summed E-state index contributed by atoms with van der Waals surface area (Å²) in [6.07, 6.45) is 5.74. The normalized spacial score (nSPS) is 18.4. The van der Waals surface area contributed by atoms with Crippen molar-refractivity contribution < 1.29 is 13.9 Å². The number of rotatable bonds is 5. The molecule has 7 rings (SSSR count). The van der Waals surface area contributed by atoms with Gasteiger partial charge >= 0.3 is 6.09 Å². The summed E-state index contributed by atoms with van der Waals surface area (Å²) in [5.74, 6) is 7.00. The fourth-order valence-electron chi connectivity index (χ4n) is 5.43. The molecule has 42 heavy (non-hydrogen) atoms. The first kappa shape index (κ1) is 26.4. The molecule has 5 heterocycles. The molecule has 3 aromatic heterocycles. The number of hydrogen-bond donors (Lipinski definition) is 2. The summed E-state index contributed by atoms with van der Waals surface area (Å²) in [5, 5.41) is 13.1. The van der Waals surface area contributed by atoms with E-state index >= 15 is 0 Å². The van der Waals surface area contributed by atoms with Gasteiger partial charge in [-0.25, -0.2) is 19.2 Å². The molecule has 2 aromatic carbocycles. The second-order valence-electron chi connectivity index (χ2n) is 10.5. The summed E-state index contributed by atoms with van der Waals surface area (Å²) in [6.45, 7) is 2.66. The average Bonchev–Trinajstić information content (AvgIpc) is 3.79. The molecule has 11 heteroatoms. The number of amides is 1. The van der Waals surface area contributed by atoms with E-state index in [1.54, 1.807) is 17.3 Å². The molecular formula is C31H28FN7O2S. The van der Waals surface area contributed by atoms with Crippen molar-refractivity contribution in [2.75, 3.05) is 25.0 Å². The third kappa shape index (κ3) is 5.64. The maximum atomic E-state index is 13.6. The van der Waals surface area contributed by atoms with Crippen molar-refractivity contribution in [3.63, 3.8) is 0 Å². The molecule has 0 aliphatic carbocycles. The van der Waals surface area contributed by atoms with E-state index in [4.69, 9.17) is 4.74 Å². The van der Waals surface area contributed by atoms with E-state index in [0.717, 1.165) is 63.2 Å². The van der Waals surface area contributed by atoms with Crippen LogP contribution in [-0.4, -0.2) is 62.5 Å². The Morgan fingerprint density at radius 3 is 2.95 bits per heavy atom. The predicted octanol–water partition coefficient (Wildman–Crippen LogP) is 5.29. The Balaban J connectivity index is 1.03. The number of benzene rings is 2. The third-order valence-electron chi connectivity index (χ3n) is 7.55. The van der Waals surface area contributed by atoms with Gasteiger partial charge in [0.2, 0.25) is 0 Å². The topological polar surface area (TPSA) is 97.2 Å². The summed E-state index contributed by atoms with van der Waals surface area (Å²) >= 11 is 1.52. The van der Waals surface area contributed by atoms with Gasteiger partial charge < -0.3 is 15.0 Å². The van der Waals surface area contributed by atoms with Gasteiger partial charge in [-0.15, -0.1) is 11.3 Å². The minimum atomic E-state index is -0.256. The number of halogens is 1. The van der Waals surface area contributed by atoms with E-state index in [1.165, 1.54) is 23.5 Å². The smallest absolute Gasteiger partial charge is 0.410 e. The maximum absolute atomic E-state index is 13.6. The Labute approximate surface area is 245 Å². The Morgan fingerprint density at radius 2 is 2.07 bits per heavy atom. The Morgan fingerprint density at radius 1 is 1.17 bits per heavy atom. The van der Waals surface area contributed by atoms with Crippen LogP contribution < -0.4 is 10.6 Å². The van der Waals surface area contributed by atoms with Crippen molar-refractivity contribution in [3.8, 4) is 11.8 Å². The van der Waals surface area contributed by atoms with Gasteiger partial charge in [0, 0.05) is 37.1 Å². The molecule has 0 unspecified atom stereocenters. The van der Waals surface area contributed by atoms with Crippen LogP contribution in [-0.2, 0) is 11.3 Å². The summed E-state index contributed by atoms with van der Waals surface area (Å²) in [6, 6.07) is 14.5. The Hall–Kier alpha value is -4.53. The summed E-state index contributed by atoms with van der Waals surface area (Å²) < 4.78 is 21.1. The Kier molecular flexibility index (Phi) is 7.15. The zero-order valence-electron chi connectivity index (χ0n) is 22.7. The molecule has 2 aliphatic rings. The van der Waals surface area contributed by atoms with Crippen LogP contribution in [0.25, 0.3) is 21.1 Å². The largest absolute Gasteiger partial charge is 0.445 e. The number of likely N-dealkylation sites (tertiary alicyclic amines) is 1. The van der Waals surface area contributed by atoms with Gasteiger partial charge in [-0.1, -0.05) is 24.0 Å².